The molecule has 1 atom stereocenters. The Bertz CT molecular complexity index is 571. The van der Waals surface area contributed by atoms with Crippen LogP contribution in [0.25, 0.3) is 0 Å². The van der Waals surface area contributed by atoms with Crippen molar-refractivity contribution in [1.82, 2.24) is 5.32 Å². The molecule has 120 valence electrons. The van der Waals surface area contributed by atoms with Crippen LogP contribution in [0.1, 0.15) is 45.7 Å². The maximum absolute atomic E-state index is 13.9. The third-order valence-electron chi connectivity index (χ3n) is 3.02. The highest BCUT2D eigenvalue weighted by Crippen LogP contribution is 2.14. The largest absolute Gasteiger partial charge is 0.459 e. The lowest BCUT2D eigenvalue weighted by Crippen LogP contribution is -2.44. The van der Waals surface area contributed by atoms with Gasteiger partial charge in [-0.25, -0.2) is 4.39 Å². The Kier molecular flexibility index (Phi) is 6.07. The molecule has 1 N–H and O–H groups in total. The average molecular weight is 306 g/mol. The Morgan fingerprint density at radius 1 is 1.41 bits per heavy atom. The van der Waals surface area contributed by atoms with Gasteiger partial charge in [0.25, 0.3) is 0 Å². The molecule has 5 heteroatoms. The van der Waals surface area contributed by atoms with E-state index in [1.54, 1.807) is 12.1 Å². The molecule has 1 aromatic carbocycles. The van der Waals surface area contributed by atoms with Crippen LogP contribution in [-0.4, -0.2) is 17.6 Å². The average Bonchev–Trinajstić information content (AvgIpc) is 2.38. The Hall–Kier alpha value is -1.93. The van der Waals surface area contributed by atoms with E-state index in [0.29, 0.717) is 5.56 Å². The first-order valence-electron chi connectivity index (χ1n) is 7.29. The first-order valence-corrected chi connectivity index (χ1v) is 7.29. The fourth-order valence-electron chi connectivity index (χ4n) is 1.94. The number of ether oxygens (including phenoxy) is 1. The first kappa shape index (κ1) is 18.1. The van der Waals surface area contributed by atoms with Gasteiger partial charge >= 0.3 is 5.97 Å². The zero-order valence-corrected chi connectivity index (χ0v) is 13.7. The lowest BCUT2D eigenvalue weighted by Gasteiger charge is -2.26. The van der Waals surface area contributed by atoms with Crippen molar-refractivity contribution in [3.63, 3.8) is 0 Å². The van der Waals surface area contributed by atoms with Gasteiger partial charge in [-0.1, -0.05) is 19.9 Å². The quantitative estimate of drug-likeness (QED) is 0.849. The standard InChI is InChI=1S/C17H23FN2O2/c1-11(2)15(16(21)22-17(3,4)5)20-10-13-7-6-12(9-19)8-14(13)18/h6-8,11,15,20H,10H2,1-5H3. The summed E-state index contributed by atoms with van der Waals surface area (Å²) in [4.78, 5) is 12.2. The van der Waals surface area contributed by atoms with Crippen LogP contribution in [-0.2, 0) is 16.1 Å². The second-order valence-electron chi connectivity index (χ2n) is 6.55. The van der Waals surface area contributed by atoms with Crippen molar-refractivity contribution in [3.05, 3.63) is 35.1 Å². The lowest BCUT2D eigenvalue weighted by molar-refractivity contribution is -0.158. The summed E-state index contributed by atoms with van der Waals surface area (Å²) < 4.78 is 19.2. The van der Waals surface area contributed by atoms with Crippen LogP contribution < -0.4 is 5.32 Å². The molecule has 0 aliphatic heterocycles. The third kappa shape index (κ3) is 5.45. The molecule has 1 unspecified atom stereocenters. The van der Waals surface area contributed by atoms with Crippen LogP contribution in [0.3, 0.4) is 0 Å². The van der Waals surface area contributed by atoms with Gasteiger partial charge in [-0.05, 0) is 38.8 Å². The number of hydrogen-bond donors (Lipinski definition) is 1. The zero-order valence-electron chi connectivity index (χ0n) is 13.7. The minimum absolute atomic E-state index is 0.0105. The summed E-state index contributed by atoms with van der Waals surface area (Å²) in [6.45, 7) is 9.42. The van der Waals surface area contributed by atoms with Crippen molar-refractivity contribution in [2.24, 2.45) is 5.92 Å². The van der Waals surface area contributed by atoms with E-state index in [-0.39, 0.29) is 24.0 Å². The van der Waals surface area contributed by atoms with E-state index in [0.717, 1.165) is 0 Å². The zero-order chi connectivity index (χ0) is 16.9. The van der Waals surface area contributed by atoms with E-state index in [4.69, 9.17) is 10.00 Å². The van der Waals surface area contributed by atoms with Gasteiger partial charge in [0.05, 0.1) is 11.6 Å². The number of benzene rings is 1. The number of nitriles is 1. The van der Waals surface area contributed by atoms with E-state index in [1.165, 1.54) is 6.07 Å². The van der Waals surface area contributed by atoms with E-state index in [9.17, 15) is 9.18 Å². The smallest absolute Gasteiger partial charge is 0.323 e. The predicted octanol–water partition coefficient (Wildman–Crippen LogP) is 3.15. The summed E-state index contributed by atoms with van der Waals surface area (Å²) in [5, 5.41) is 11.8. The van der Waals surface area contributed by atoms with Gasteiger partial charge in [-0.15, -0.1) is 0 Å². The number of hydrogen-bond acceptors (Lipinski definition) is 4. The van der Waals surface area contributed by atoms with Gasteiger partial charge in [-0.2, -0.15) is 5.26 Å². The molecule has 1 rings (SSSR count). The summed E-state index contributed by atoms with van der Waals surface area (Å²) in [6, 6.07) is 5.66. The van der Waals surface area contributed by atoms with Crippen molar-refractivity contribution in [3.8, 4) is 6.07 Å². The molecule has 0 spiro atoms. The highest BCUT2D eigenvalue weighted by atomic mass is 19.1. The Balaban J connectivity index is 2.77. The molecule has 0 heterocycles. The summed E-state index contributed by atoms with van der Waals surface area (Å²) in [7, 11) is 0. The molecule has 0 amide bonds. The molecule has 22 heavy (non-hydrogen) atoms. The second kappa shape index (κ2) is 7.37. The Morgan fingerprint density at radius 2 is 2.05 bits per heavy atom. The van der Waals surface area contributed by atoms with Crippen LogP contribution in [0.2, 0.25) is 0 Å². The van der Waals surface area contributed by atoms with E-state index in [2.05, 4.69) is 5.32 Å². The molecule has 0 saturated heterocycles. The highest BCUT2D eigenvalue weighted by molar-refractivity contribution is 5.76. The molecule has 0 fully saturated rings. The molecule has 0 aliphatic carbocycles. The van der Waals surface area contributed by atoms with E-state index < -0.39 is 17.5 Å². The minimum atomic E-state index is -0.564. The van der Waals surface area contributed by atoms with E-state index >= 15 is 0 Å². The topological polar surface area (TPSA) is 62.1 Å². The monoisotopic (exact) mass is 306 g/mol. The molecule has 4 nitrogen and oxygen atoms in total. The fourth-order valence-corrected chi connectivity index (χ4v) is 1.94. The highest BCUT2D eigenvalue weighted by Gasteiger charge is 2.27. The number of nitrogens with one attached hydrogen (secondary N) is 1. The van der Waals surface area contributed by atoms with Gasteiger partial charge < -0.3 is 4.74 Å². The molecule has 0 aliphatic rings. The molecule has 0 bridgehead atoms. The number of rotatable bonds is 5. The number of carbonyl (C=O) groups is 1. The molecule has 1 aromatic rings. The molecular weight excluding hydrogens is 283 g/mol. The van der Waals surface area contributed by atoms with Crippen molar-refractivity contribution in [2.75, 3.05) is 0 Å². The van der Waals surface area contributed by atoms with Gasteiger partial charge in [0.1, 0.15) is 17.5 Å². The van der Waals surface area contributed by atoms with Crippen LogP contribution >= 0.6 is 0 Å². The number of carbonyl (C=O) groups excluding carboxylic acids is 1. The van der Waals surface area contributed by atoms with Gasteiger partial charge in [-0.3, -0.25) is 10.1 Å². The van der Waals surface area contributed by atoms with Gasteiger partial charge in [0.2, 0.25) is 0 Å². The van der Waals surface area contributed by atoms with Crippen molar-refractivity contribution in [2.45, 2.75) is 52.8 Å². The number of halogens is 1. The first-order chi connectivity index (χ1) is 10.1. The lowest BCUT2D eigenvalue weighted by atomic mass is 10.0. The van der Waals surface area contributed by atoms with Crippen molar-refractivity contribution >= 4 is 5.97 Å². The molecule has 0 aromatic heterocycles. The summed E-state index contributed by atoms with van der Waals surface area (Å²) in [6.07, 6.45) is 0. The van der Waals surface area contributed by atoms with Gasteiger partial charge in [0, 0.05) is 12.1 Å². The third-order valence-corrected chi connectivity index (χ3v) is 3.02. The van der Waals surface area contributed by atoms with Crippen LogP contribution in [0, 0.1) is 23.1 Å². The molecule has 0 radical (unpaired) electrons. The predicted molar refractivity (Wildman–Crippen MR) is 82.4 cm³/mol. The van der Waals surface area contributed by atoms with Crippen LogP contribution in [0.15, 0.2) is 18.2 Å². The van der Waals surface area contributed by atoms with Gasteiger partial charge in [0.15, 0.2) is 0 Å². The SMILES string of the molecule is CC(C)C(NCc1ccc(C#N)cc1F)C(=O)OC(C)(C)C. The van der Waals surface area contributed by atoms with Crippen LogP contribution in [0.5, 0.6) is 0 Å². The summed E-state index contributed by atoms with van der Waals surface area (Å²) >= 11 is 0. The number of nitrogens with zero attached hydrogens (tertiary/aromatic N) is 1. The normalized spacial score (nSPS) is 12.8. The van der Waals surface area contributed by atoms with Crippen molar-refractivity contribution in [1.29, 1.82) is 5.26 Å². The summed E-state index contributed by atoms with van der Waals surface area (Å²) in [5.74, 6) is -0.800. The molecular formula is C17H23FN2O2. The summed E-state index contributed by atoms with van der Waals surface area (Å²) in [5.41, 5.74) is 0.119. The Morgan fingerprint density at radius 3 is 2.50 bits per heavy atom. The van der Waals surface area contributed by atoms with Crippen LogP contribution in [0.4, 0.5) is 4.39 Å². The van der Waals surface area contributed by atoms with Crippen molar-refractivity contribution < 1.29 is 13.9 Å². The second-order valence-corrected chi connectivity index (χ2v) is 6.55. The van der Waals surface area contributed by atoms with E-state index in [1.807, 2.05) is 40.7 Å². The number of esters is 1. The maximum atomic E-state index is 13.9. The minimum Gasteiger partial charge on any atom is -0.459 e. The molecule has 0 saturated carbocycles. The maximum Gasteiger partial charge on any atom is 0.323 e. The Labute approximate surface area is 131 Å². The fraction of sp³-hybridized carbons (Fsp3) is 0.529.